The Bertz CT molecular complexity index is 1320. The van der Waals surface area contributed by atoms with Gasteiger partial charge < -0.3 is 9.80 Å². The smallest absolute Gasteiger partial charge is 0.254 e. The Morgan fingerprint density at radius 1 is 1.09 bits per heavy atom. The fourth-order valence-electron chi connectivity index (χ4n) is 4.70. The van der Waals surface area contributed by atoms with Gasteiger partial charge in [-0.1, -0.05) is 12.1 Å². The maximum absolute atomic E-state index is 15.0. The topological polar surface area (TPSA) is 52.2 Å². The number of likely N-dealkylation sites (N-methyl/N-ethyl adjacent to an activating group) is 1. The number of carbonyl (C=O) groups is 1. The van der Waals surface area contributed by atoms with Crippen LogP contribution in [0.4, 0.5) is 8.78 Å². The van der Waals surface area contributed by atoms with Crippen LogP contribution in [0, 0.1) is 11.6 Å². The van der Waals surface area contributed by atoms with Crippen molar-refractivity contribution in [3.05, 3.63) is 89.6 Å². The molecule has 4 aromatic rings. The summed E-state index contributed by atoms with van der Waals surface area (Å²) in [4.78, 5) is 17.4. The molecule has 3 aromatic carbocycles. The highest BCUT2D eigenvalue weighted by atomic mass is 19.1. The van der Waals surface area contributed by atoms with Crippen molar-refractivity contribution in [3.8, 4) is 11.1 Å². The van der Waals surface area contributed by atoms with E-state index in [-0.39, 0.29) is 24.3 Å². The number of halogens is 2. The molecule has 1 aromatic heterocycles. The number of piperidine rings is 1. The first kappa shape index (κ1) is 22.2. The van der Waals surface area contributed by atoms with Gasteiger partial charge in [-0.05, 0) is 86.1 Å². The number of amides is 1. The third-order valence-electron chi connectivity index (χ3n) is 6.55. The summed E-state index contributed by atoms with van der Waals surface area (Å²) in [6, 6.07) is 16.4. The van der Waals surface area contributed by atoms with Crippen molar-refractivity contribution >= 4 is 16.8 Å². The van der Waals surface area contributed by atoms with Crippen molar-refractivity contribution in [1.29, 1.82) is 0 Å². The Morgan fingerprint density at radius 3 is 2.65 bits per heavy atom. The molecule has 1 atom stereocenters. The summed E-state index contributed by atoms with van der Waals surface area (Å²) in [5.74, 6) is -0.965. The first-order valence-corrected chi connectivity index (χ1v) is 11.4. The van der Waals surface area contributed by atoms with Crippen molar-refractivity contribution in [3.63, 3.8) is 0 Å². The lowest BCUT2D eigenvalue weighted by atomic mass is 9.99. The summed E-state index contributed by atoms with van der Waals surface area (Å²) in [5, 5.41) is 7.97. The Morgan fingerprint density at radius 2 is 1.85 bits per heavy atom. The summed E-state index contributed by atoms with van der Waals surface area (Å²) in [6.45, 7) is 1.82. The zero-order valence-corrected chi connectivity index (χ0v) is 19.0. The van der Waals surface area contributed by atoms with E-state index in [2.05, 4.69) is 15.1 Å². The molecule has 0 spiro atoms. The minimum atomic E-state index is -0.395. The first-order valence-electron chi connectivity index (χ1n) is 11.4. The molecular weight excluding hydrogens is 434 g/mol. The van der Waals surface area contributed by atoms with E-state index in [9.17, 15) is 13.6 Å². The molecule has 5 nitrogen and oxygen atoms in total. The van der Waals surface area contributed by atoms with E-state index in [1.807, 2.05) is 31.3 Å². The van der Waals surface area contributed by atoms with Crippen LogP contribution < -0.4 is 0 Å². The third-order valence-corrected chi connectivity index (χ3v) is 6.55. The Labute approximate surface area is 197 Å². The lowest BCUT2D eigenvalue weighted by molar-refractivity contribution is 0.0548. The minimum Gasteiger partial charge on any atom is -0.330 e. The normalized spacial score (nSPS) is 16.6. The summed E-state index contributed by atoms with van der Waals surface area (Å²) in [6.07, 6.45) is 3.56. The molecule has 1 amide bonds. The number of nitrogens with zero attached hydrogens (tertiary/aromatic N) is 3. The average molecular weight is 461 g/mol. The molecular formula is C27H26F2N4O. The number of fused-ring (bicyclic) bond motifs is 1. The van der Waals surface area contributed by atoms with E-state index in [4.69, 9.17) is 0 Å². The van der Waals surface area contributed by atoms with Crippen molar-refractivity contribution < 1.29 is 13.6 Å². The van der Waals surface area contributed by atoms with Crippen LogP contribution >= 0.6 is 0 Å². The monoisotopic (exact) mass is 460 g/mol. The quantitative estimate of drug-likeness (QED) is 0.443. The number of H-pyrrole nitrogens is 1. The van der Waals surface area contributed by atoms with Crippen LogP contribution in [0.2, 0.25) is 0 Å². The second-order valence-electron chi connectivity index (χ2n) is 8.98. The summed E-state index contributed by atoms with van der Waals surface area (Å²) in [5.41, 5.74) is 3.60. The SMILES string of the molecule is CN1CCCC(N(Cc2cc(-c3ccc4[nH]ncc4c3)ccc2F)C(=O)c2ccc(F)cc2)C1. The van der Waals surface area contributed by atoms with E-state index in [0.717, 1.165) is 41.4 Å². The van der Waals surface area contributed by atoms with Crippen molar-refractivity contribution in [2.24, 2.45) is 0 Å². The summed E-state index contributed by atoms with van der Waals surface area (Å²) in [7, 11) is 2.03. The Balaban J connectivity index is 1.49. The van der Waals surface area contributed by atoms with Gasteiger partial charge in [-0.15, -0.1) is 0 Å². The van der Waals surface area contributed by atoms with Crippen LogP contribution in [0.1, 0.15) is 28.8 Å². The first-order chi connectivity index (χ1) is 16.5. The average Bonchev–Trinajstić information content (AvgIpc) is 3.31. The number of hydrogen-bond acceptors (Lipinski definition) is 3. The van der Waals surface area contributed by atoms with Crippen LogP contribution in [-0.2, 0) is 6.54 Å². The molecule has 1 aliphatic rings. The lowest BCUT2D eigenvalue weighted by Gasteiger charge is -2.38. The molecule has 34 heavy (non-hydrogen) atoms. The molecule has 174 valence electrons. The highest BCUT2D eigenvalue weighted by Gasteiger charge is 2.29. The third kappa shape index (κ3) is 4.56. The minimum absolute atomic E-state index is 0.0540. The molecule has 1 saturated heterocycles. The number of hydrogen-bond donors (Lipinski definition) is 1. The van der Waals surface area contributed by atoms with Gasteiger partial charge in [0.05, 0.1) is 11.7 Å². The molecule has 0 bridgehead atoms. The van der Waals surface area contributed by atoms with Gasteiger partial charge in [0, 0.05) is 35.6 Å². The number of aromatic amines is 1. The van der Waals surface area contributed by atoms with Crippen LogP contribution in [0.5, 0.6) is 0 Å². The fraction of sp³-hybridized carbons (Fsp3) is 0.259. The zero-order valence-electron chi connectivity index (χ0n) is 19.0. The van der Waals surface area contributed by atoms with E-state index in [1.165, 1.54) is 30.3 Å². The second-order valence-corrected chi connectivity index (χ2v) is 8.98. The van der Waals surface area contributed by atoms with Gasteiger partial charge in [-0.25, -0.2) is 8.78 Å². The number of rotatable bonds is 5. The maximum atomic E-state index is 15.0. The van der Waals surface area contributed by atoms with Crippen molar-refractivity contribution in [2.75, 3.05) is 20.1 Å². The van der Waals surface area contributed by atoms with Gasteiger partial charge in [0.1, 0.15) is 11.6 Å². The van der Waals surface area contributed by atoms with Crippen LogP contribution in [0.25, 0.3) is 22.0 Å². The standard InChI is InChI=1S/C27H26F2N4O/c1-32-12-2-3-24(17-32)33(27(34)18-4-8-23(28)9-5-18)16-22-14-19(6-10-25(22)29)20-7-11-26-21(13-20)15-30-31-26/h4-11,13-15,24H,2-3,12,16-17H2,1H3,(H,30,31). The van der Waals surface area contributed by atoms with Crippen LogP contribution in [-0.4, -0.2) is 52.1 Å². The second kappa shape index (κ2) is 9.35. The summed E-state index contributed by atoms with van der Waals surface area (Å²) >= 11 is 0. The molecule has 7 heteroatoms. The van der Waals surface area contributed by atoms with Crippen molar-refractivity contribution in [1.82, 2.24) is 20.0 Å². The van der Waals surface area contributed by atoms with Crippen LogP contribution in [0.15, 0.2) is 66.9 Å². The highest BCUT2D eigenvalue weighted by molar-refractivity contribution is 5.94. The molecule has 1 unspecified atom stereocenters. The van der Waals surface area contributed by atoms with Crippen LogP contribution in [0.3, 0.4) is 0 Å². The molecule has 0 saturated carbocycles. The number of benzene rings is 3. The lowest BCUT2D eigenvalue weighted by Crippen LogP contribution is -2.48. The van der Waals surface area contributed by atoms with Crippen molar-refractivity contribution in [2.45, 2.75) is 25.4 Å². The molecule has 1 fully saturated rings. The largest absolute Gasteiger partial charge is 0.330 e. The van der Waals surface area contributed by atoms with Gasteiger partial charge in [0.15, 0.2) is 0 Å². The van der Waals surface area contributed by atoms with E-state index < -0.39 is 5.82 Å². The molecule has 1 N–H and O–H groups in total. The zero-order chi connectivity index (χ0) is 23.7. The molecule has 5 rings (SSSR count). The van der Waals surface area contributed by atoms with Gasteiger partial charge in [0.25, 0.3) is 5.91 Å². The number of carbonyl (C=O) groups excluding carboxylic acids is 1. The Hall–Kier alpha value is -3.58. The number of aromatic nitrogens is 2. The summed E-state index contributed by atoms with van der Waals surface area (Å²) < 4.78 is 28.5. The van der Waals surface area contributed by atoms with E-state index >= 15 is 0 Å². The van der Waals surface area contributed by atoms with E-state index in [1.54, 1.807) is 17.2 Å². The highest BCUT2D eigenvalue weighted by Crippen LogP contribution is 2.28. The predicted molar refractivity (Wildman–Crippen MR) is 128 cm³/mol. The fourth-order valence-corrected chi connectivity index (χ4v) is 4.70. The maximum Gasteiger partial charge on any atom is 0.254 e. The number of nitrogens with one attached hydrogen (secondary N) is 1. The predicted octanol–water partition coefficient (Wildman–Crippen LogP) is 5.24. The van der Waals surface area contributed by atoms with Gasteiger partial charge >= 0.3 is 0 Å². The molecule has 1 aliphatic heterocycles. The van der Waals surface area contributed by atoms with Gasteiger partial charge in [-0.3, -0.25) is 9.89 Å². The van der Waals surface area contributed by atoms with E-state index in [0.29, 0.717) is 17.7 Å². The number of likely N-dealkylation sites (tertiary alicyclic amines) is 1. The van der Waals surface area contributed by atoms with Gasteiger partial charge in [-0.2, -0.15) is 5.10 Å². The molecule has 2 heterocycles. The van der Waals surface area contributed by atoms with Gasteiger partial charge in [0.2, 0.25) is 0 Å². The Kier molecular flexibility index (Phi) is 6.11. The molecule has 0 aliphatic carbocycles. The molecule has 0 radical (unpaired) electrons.